The highest BCUT2D eigenvalue weighted by Gasteiger charge is 2.25. The standard InChI is InChI=1S/C16H28N2O4S2/c1-3-5-9-13-17-23(19,20)15-11-7-8-12-16(15)24(21,22)18-14-10-6-4-2/h7-8,11-12,17-18H,3-6,9-10,13-14H2,1-2H3. The molecule has 0 amide bonds. The zero-order valence-electron chi connectivity index (χ0n) is 14.4. The van der Waals surface area contributed by atoms with Crippen LogP contribution in [0.3, 0.4) is 0 Å². The van der Waals surface area contributed by atoms with Crippen molar-refractivity contribution in [3.8, 4) is 0 Å². The Morgan fingerprint density at radius 2 is 1.08 bits per heavy atom. The van der Waals surface area contributed by atoms with Crippen LogP contribution in [0.4, 0.5) is 0 Å². The Morgan fingerprint density at radius 3 is 1.42 bits per heavy atom. The minimum Gasteiger partial charge on any atom is -0.211 e. The third-order valence-electron chi connectivity index (χ3n) is 3.57. The highest BCUT2D eigenvalue weighted by molar-refractivity contribution is 7.92. The van der Waals surface area contributed by atoms with Gasteiger partial charge in [-0.15, -0.1) is 0 Å². The van der Waals surface area contributed by atoms with Crippen LogP contribution in [0, 0.1) is 0 Å². The van der Waals surface area contributed by atoms with E-state index >= 15 is 0 Å². The first-order valence-electron chi connectivity index (χ1n) is 8.43. The Bertz CT molecular complexity index is 640. The molecule has 0 aliphatic rings. The summed E-state index contributed by atoms with van der Waals surface area (Å²) in [6.07, 6.45) is 5.24. The molecule has 0 atom stereocenters. The first kappa shape index (κ1) is 21.1. The van der Waals surface area contributed by atoms with Crippen molar-refractivity contribution in [1.82, 2.24) is 9.44 Å². The van der Waals surface area contributed by atoms with Crippen LogP contribution in [0.5, 0.6) is 0 Å². The third kappa shape index (κ3) is 6.51. The normalized spacial score (nSPS) is 12.4. The van der Waals surface area contributed by atoms with E-state index in [4.69, 9.17) is 0 Å². The number of hydrogen-bond donors (Lipinski definition) is 2. The summed E-state index contributed by atoms with van der Waals surface area (Å²) in [5.74, 6) is 0. The predicted molar refractivity (Wildman–Crippen MR) is 95.9 cm³/mol. The maximum atomic E-state index is 12.4. The Hall–Kier alpha value is -0.960. The Kier molecular flexibility index (Phi) is 8.90. The minimum atomic E-state index is -3.86. The van der Waals surface area contributed by atoms with E-state index in [2.05, 4.69) is 9.44 Å². The van der Waals surface area contributed by atoms with Crippen molar-refractivity contribution >= 4 is 20.0 Å². The summed E-state index contributed by atoms with van der Waals surface area (Å²) in [7, 11) is -7.72. The summed E-state index contributed by atoms with van der Waals surface area (Å²) in [6, 6.07) is 5.69. The topological polar surface area (TPSA) is 92.3 Å². The van der Waals surface area contributed by atoms with Crippen LogP contribution >= 0.6 is 0 Å². The van der Waals surface area contributed by atoms with Gasteiger partial charge in [-0.1, -0.05) is 51.7 Å². The second-order valence-corrected chi connectivity index (χ2v) is 9.13. The fourth-order valence-electron chi connectivity index (χ4n) is 2.21. The molecule has 0 radical (unpaired) electrons. The number of sulfonamides is 2. The summed E-state index contributed by atoms with van der Waals surface area (Å²) >= 11 is 0. The number of unbranched alkanes of at least 4 members (excludes halogenated alkanes) is 4. The summed E-state index contributed by atoms with van der Waals surface area (Å²) in [6.45, 7) is 4.66. The van der Waals surface area contributed by atoms with E-state index < -0.39 is 20.0 Å². The summed E-state index contributed by atoms with van der Waals surface area (Å²) < 4.78 is 54.7. The van der Waals surface area contributed by atoms with Gasteiger partial charge < -0.3 is 0 Å². The number of benzene rings is 1. The molecule has 0 saturated carbocycles. The molecule has 0 aliphatic carbocycles. The molecule has 0 aliphatic heterocycles. The molecule has 24 heavy (non-hydrogen) atoms. The molecule has 2 N–H and O–H groups in total. The second kappa shape index (κ2) is 10.1. The van der Waals surface area contributed by atoms with E-state index in [1.54, 1.807) is 0 Å². The Balaban J connectivity index is 2.94. The highest BCUT2D eigenvalue weighted by Crippen LogP contribution is 2.20. The molecular formula is C16H28N2O4S2. The maximum absolute atomic E-state index is 12.4. The second-order valence-electron chi connectivity index (χ2n) is 5.66. The number of rotatable bonds is 12. The lowest BCUT2D eigenvalue weighted by Gasteiger charge is -2.12. The largest absolute Gasteiger partial charge is 0.241 e. The lowest BCUT2D eigenvalue weighted by Crippen LogP contribution is -2.30. The van der Waals surface area contributed by atoms with E-state index in [1.165, 1.54) is 24.3 Å². The summed E-state index contributed by atoms with van der Waals surface area (Å²) in [5.41, 5.74) is 0. The van der Waals surface area contributed by atoms with Gasteiger partial charge in [-0.05, 0) is 25.0 Å². The molecule has 6 nitrogen and oxygen atoms in total. The van der Waals surface area contributed by atoms with Gasteiger partial charge in [-0.2, -0.15) is 0 Å². The van der Waals surface area contributed by atoms with Gasteiger partial charge in [-0.3, -0.25) is 0 Å². The summed E-state index contributed by atoms with van der Waals surface area (Å²) in [5, 5.41) is 0. The molecule has 0 spiro atoms. The van der Waals surface area contributed by atoms with Crippen molar-refractivity contribution in [2.24, 2.45) is 0 Å². The van der Waals surface area contributed by atoms with Gasteiger partial charge in [0.05, 0.1) is 0 Å². The van der Waals surface area contributed by atoms with Crippen LogP contribution in [0.2, 0.25) is 0 Å². The van der Waals surface area contributed by atoms with E-state index in [0.29, 0.717) is 13.1 Å². The monoisotopic (exact) mass is 376 g/mol. The first-order valence-corrected chi connectivity index (χ1v) is 11.4. The SMILES string of the molecule is CCCCCNS(=O)(=O)c1ccccc1S(=O)(=O)NCCCCC. The first-order chi connectivity index (χ1) is 11.3. The molecule has 1 rings (SSSR count). The zero-order valence-corrected chi connectivity index (χ0v) is 16.0. The van der Waals surface area contributed by atoms with Gasteiger partial charge >= 0.3 is 0 Å². The van der Waals surface area contributed by atoms with Gasteiger partial charge in [0.15, 0.2) is 0 Å². The zero-order chi connectivity index (χ0) is 18.1. The van der Waals surface area contributed by atoms with Crippen molar-refractivity contribution in [3.05, 3.63) is 24.3 Å². The van der Waals surface area contributed by atoms with Crippen LogP contribution in [0.25, 0.3) is 0 Å². The molecular weight excluding hydrogens is 348 g/mol. The Labute approximate surface area is 146 Å². The Morgan fingerprint density at radius 1 is 0.708 bits per heavy atom. The molecule has 8 heteroatoms. The molecule has 1 aromatic rings. The van der Waals surface area contributed by atoms with E-state index in [-0.39, 0.29) is 9.79 Å². The van der Waals surface area contributed by atoms with Crippen LogP contribution in [-0.4, -0.2) is 29.9 Å². The fraction of sp³-hybridized carbons (Fsp3) is 0.625. The molecule has 0 saturated heterocycles. The predicted octanol–water partition coefficient (Wildman–Crippen LogP) is 2.62. The quantitative estimate of drug-likeness (QED) is 0.549. The maximum Gasteiger partial charge on any atom is 0.241 e. The van der Waals surface area contributed by atoms with Gasteiger partial charge in [0.25, 0.3) is 0 Å². The minimum absolute atomic E-state index is 0.204. The van der Waals surface area contributed by atoms with Crippen molar-refractivity contribution in [3.63, 3.8) is 0 Å². The fourth-order valence-corrected chi connectivity index (χ4v) is 5.19. The van der Waals surface area contributed by atoms with Crippen molar-refractivity contribution in [2.75, 3.05) is 13.1 Å². The average molecular weight is 377 g/mol. The van der Waals surface area contributed by atoms with E-state index in [1.807, 2.05) is 13.8 Å². The van der Waals surface area contributed by atoms with Crippen molar-refractivity contribution in [2.45, 2.75) is 62.2 Å². The molecule has 138 valence electrons. The van der Waals surface area contributed by atoms with Crippen LogP contribution in [0.15, 0.2) is 34.1 Å². The third-order valence-corrected chi connectivity index (χ3v) is 6.74. The van der Waals surface area contributed by atoms with Crippen LogP contribution < -0.4 is 9.44 Å². The molecule has 0 unspecified atom stereocenters. The van der Waals surface area contributed by atoms with Gasteiger partial charge in [0, 0.05) is 13.1 Å². The van der Waals surface area contributed by atoms with Crippen molar-refractivity contribution < 1.29 is 16.8 Å². The van der Waals surface area contributed by atoms with Crippen LogP contribution in [0.1, 0.15) is 52.4 Å². The lowest BCUT2D eigenvalue weighted by atomic mass is 10.3. The summed E-state index contributed by atoms with van der Waals surface area (Å²) in [4.78, 5) is -0.408. The van der Waals surface area contributed by atoms with Gasteiger partial charge in [0.2, 0.25) is 20.0 Å². The number of nitrogens with one attached hydrogen (secondary N) is 2. The molecule has 0 heterocycles. The van der Waals surface area contributed by atoms with E-state index in [0.717, 1.165) is 38.5 Å². The molecule has 0 aromatic heterocycles. The average Bonchev–Trinajstić information content (AvgIpc) is 2.56. The van der Waals surface area contributed by atoms with Gasteiger partial charge in [0.1, 0.15) is 9.79 Å². The van der Waals surface area contributed by atoms with Crippen LogP contribution in [-0.2, 0) is 20.0 Å². The molecule has 0 bridgehead atoms. The van der Waals surface area contributed by atoms with Gasteiger partial charge in [-0.25, -0.2) is 26.3 Å². The highest BCUT2D eigenvalue weighted by atomic mass is 32.2. The number of hydrogen-bond acceptors (Lipinski definition) is 4. The molecule has 0 fully saturated rings. The van der Waals surface area contributed by atoms with E-state index in [9.17, 15) is 16.8 Å². The van der Waals surface area contributed by atoms with Crippen molar-refractivity contribution in [1.29, 1.82) is 0 Å². The lowest BCUT2D eigenvalue weighted by molar-refractivity contribution is 0.562. The molecule has 1 aromatic carbocycles. The smallest absolute Gasteiger partial charge is 0.211 e.